The fraction of sp³-hybridized carbons (Fsp3) is 0.409. The molecule has 1 amide bonds. The van der Waals surface area contributed by atoms with Gasteiger partial charge in [0.25, 0.3) is 0 Å². The van der Waals surface area contributed by atoms with Crippen LogP contribution in [0.5, 0.6) is 0 Å². The zero-order chi connectivity index (χ0) is 19.5. The minimum atomic E-state index is 0.194. The molecule has 1 unspecified atom stereocenters. The second-order valence-corrected chi connectivity index (χ2v) is 7.47. The van der Waals surface area contributed by atoms with Gasteiger partial charge in [0.05, 0.1) is 16.9 Å². The number of likely N-dealkylation sites (tertiary alicyclic amines) is 1. The highest BCUT2D eigenvalue weighted by molar-refractivity contribution is 5.82. The van der Waals surface area contributed by atoms with Gasteiger partial charge in [0.2, 0.25) is 5.91 Å². The van der Waals surface area contributed by atoms with Crippen molar-refractivity contribution in [3.8, 4) is 0 Å². The monoisotopic (exact) mass is 377 g/mol. The van der Waals surface area contributed by atoms with Crippen LogP contribution in [-0.4, -0.2) is 38.4 Å². The molecular formula is C22H27N5O. The molecule has 1 aliphatic heterocycles. The summed E-state index contributed by atoms with van der Waals surface area (Å²) in [6, 6.07) is 10.0. The van der Waals surface area contributed by atoms with Crippen molar-refractivity contribution < 1.29 is 4.79 Å². The average molecular weight is 377 g/mol. The summed E-state index contributed by atoms with van der Waals surface area (Å²) in [4.78, 5) is 23.9. The topological polar surface area (TPSA) is 77.0 Å². The van der Waals surface area contributed by atoms with Crippen LogP contribution in [0.4, 0.5) is 5.69 Å². The van der Waals surface area contributed by atoms with E-state index in [2.05, 4.69) is 16.5 Å². The first-order valence-corrected chi connectivity index (χ1v) is 10.1. The Labute approximate surface area is 165 Å². The highest BCUT2D eigenvalue weighted by atomic mass is 16.2. The number of para-hydroxylation sites is 1. The number of nitrogens with zero attached hydrogens (tertiary/aromatic N) is 4. The Morgan fingerprint density at radius 2 is 2.18 bits per heavy atom. The van der Waals surface area contributed by atoms with Crippen LogP contribution in [-0.2, 0) is 17.8 Å². The molecule has 3 heterocycles. The summed E-state index contributed by atoms with van der Waals surface area (Å²) in [6.07, 6.45) is 7.12. The summed E-state index contributed by atoms with van der Waals surface area (Å²) in [5, 5.41) is 1.06. The number of carbonyl (C=O) groups is 1. The number of hydrogen-bond donors (Lipinski definition) is 1. The maximum atomic E-state index is 12.8. The van der Waals surface area contributed by atoms with Crippen molar-refractivity contribution in [1.29, 1.82) is 0 Å². The van der Waals surface area contributed by atoms with Crippen LogP contribution in [0, 0.1) is 0 Å². The van der Waals surface area contributed by atoms with E-state index in [9.17, 15) is 4.79 Å². The molecule has 4 rings (SSSR count). The van der Waals surface area contributed by atoms with Gasteiger partial charge in [-0.2, -0.15) is 0 Å². The first kappa shape index (κ1) is 18.5. The van der Waals surface area contributed by atoms with Crippen molar-refractivity contribution in [3.63, 3.8) is 0 Å². The van der Waals surface area contributed by atoms with Crippen LogP contribution in [0.25, 0.3) is 10.9 Å². The van der Waals surface area contributed by atoms with Gasteiger partial charge in [-0.25, -0.2) is 4.98 Å². The Kier molecular flexibility index (Phi) is 5.28. The molecule has 0 aliphatic carbocycles. The van der Waals surface area contributed by atoms with Gasteiger partial charge in [0.15, 0.2) is 0 Å². The van der Waals surface area contributed by atoms with Gasteiger partial charge < -0.3 is 15.2 Å². The van der Waals surface area contributed by atoms with Gasteiger partial charge >= 0.3 is 0 Å². The molecule has 6 nitrogen and oxygen atoms in total. The minimum absolute atomic E-state index is 0.194. The predicted molar refractivity (Wildman–Crippen MR) is 111 cm³/mol. The number of benzene rings is 1. The third-order valence-corrected chi connectivity index (χ3v) is 5.63. The van der Waals surface area contributed by atoms with Crippen molar-refractivity contribution in [1.82, 2.24) is 19.4 Å². The number of piperidine rings is 1. The summed E-state index contributed by atoms with van der Waals surface area (Å²) >= 11 is 0. The molecule has 6 heteroatoms. The van der Waals surface area contributed by atoms with Gasteiger partial charge in [-0.05, 0) is 25.0 Å². The van der Waals surface area contributed by atoms with E-state index in [-0.39, 0.29) is 11.8 Å². The summed E-state index contributed by atoms with van der Waals surface area (Å²) in [6.45, 7) is 4.27. The van der Waals surface area contributed by atoms with E-state index in [4.69, 9.17) is 10.7 Å². The van der Waals surface area contributed by atoms with E-state index in [1.54, 1.807) is 6.20 Å². The number of nitrogen functional groups attached to an aromatic ring is 1. The molecule has 2 aromatic heterocycles. The molecule has 0 saturated carbocycles. The molecule has 0 radical (unpaired) electrons. The second-order valence-electron chi connectivity index (χ2n) is 7.47. The van der Waals surface area contributed by atoms with E-state index >= 15 is 0 Å². The van der Waals surface area contributed by atoms with Gasteiger partial charge in [-0.3, -0.25) is 9.78 Å². The van der Waals surface area contributed by atoms with E-state index in [0.29, 0.717) is 19.5 Å². The highest BCUT2D eigenvalue weighted by Crippen LogP contribution is 2.31. The van der Waals surface area contributed by atoms with Crippen LogP contribution in [0.1, 0.15) is 43.6 Å². The molecule has 1 aromatic carbocycles. The molecule has 146 valence electrons. The molecule has 3 aromatic rings. The Morgan fingerprint density at radius 1 is 1.32 bits per heavy atom. The van der Waals surface area contributed by atoms with Crippen LogP contribution in [0.2, 0.25) is 0 Å². The average Bonchev–Trinajstić information content (AvgIpc) is 3.19. The molecule has 2 N–H and O–H groups in total. The van der Waals surface area contributed by atoms with Crippen molar-refractivity contribution in [2.75, 3.05) is 18.8 Å². The first-order valence-electron chi connectivity index (χ1n) is 10.1. The van der Waals surface area contributed by atoms with Crippen LogP contribution in [0.15, 0.2) is 42.7 Å². The summed E-state index contributed by atoms with van der Waals surface area (Å²) in [7, 11) is 0. The zero-order valence-electron chi connectivity index (χ0n) is 16.3. The van der Waals surface area contributed by atoms with E-state index in [1.165, 1.54) is 0 Å². The number of imidazole rings is 1. The normalized spacial score (nSPS) is 17.2. The number of hydrogen-bond acceptors (Lipinski definition) is 4. The molecule has 0 spiro atoms. The molecule has 0 bridgehead atoms. The molecule has 1 atom stereocenters. The maximum absolute atomic E-state index is 12.8. The third-order valence-electron chi connectivity index (χ3n) is 5.63. The third kappa shape index (κ3) is 3.72. The fourth-order valence-corrected chi connectivity index (χ4v) is 4.13. The largest absolute Gasteiger partial charge is 0.397 e. The molecule has 1 aliphatic rings. The standard InChI is InChI=1S/C22H27N5O/c1-2-20-24-10-13-26(20)12-9-21(28)27-11-5-7-17(15-27)22-18(23)14-16-6-3-4-8-19(16)25-22/h3-4,6,8,10,13-14,17H,2,5,7,9,11-12,15,23H2,1H3. The lowest BCUT2D eigenvalue weighted by Gasteiger charge is -2.33. The molecule has 1 fully saturated rings. The maximum Gasteiger partial charge on any atom is 0.224 e. The van der Waals surface area contributed by atoms with Crippen molar-refractivity contribution in [2.45, 2.75) is 45.1 Å². The lowest BCUT2D eigenvalue weighted by atomic mass is 9.92. The van der Waals surface area contributed by atoms with Crippen LogP contribution < -0.4 is 5.73 Å². The predicted octanol–water partition coefficient (Wildman–Crippen LogP) is 3.37. The molecule has 1 saturated heterocycles. The number of carbonyl (C=O) groups excluding carboxylic acids is 1. The number of aromatic nitrogens is 3. The Morgan fingerprint density at radius 3 is 3.04 bits per heavy atom. The number of fused-ring (bicyclic) bond motifs is 1. The first-order chi connectivity index (χ1) is 13.7. The highest BCUT2D eigenvalue weighted by Gasteiger charge is 2.27. The Bertz CT molecular complexity index is 980. The van der Waals surface area contributed by atoms with Crippen molar-refractivity contribution in [3.05, 3.63) is 54.2 Å². The number of aryl methyl sites for hydroxylation is 2. The SMILES string of the molecule is CCc1nccn1CCC(=O)N1CCCC(c2nc3ccccc3cc2N)C1. The quantitative estimate of drug-likeness (QED) is 0.739. The van der Waals surface area contributed by atoms with Crippen molar-refractivity contribution >= 4 is 22.5 Å². The Balaban J connectivity index is 1.45. The summed E-state index contributed by atoms with van der Waals surface area (Å²) in [5.41, 5.74) is 8.93. The van der Waals surface area contributed by atoms with Gasteiger partial charge in [-0.1, -0.05) is 25.1 Å². The van der Waals surface area contributed by atoms with Crippen LogP contribution in [0.3, 0.4) is 0 Å². The fourth-order valence-electron chi connectivity index (χ4n) is 4.13. The van der Waals surface area contributed by atoms with Gasteiger partial charge in [0.1, 0.15) is 5.82 Å². The lowest BCUT2D eigenvalue weighted by Crippen LogP contribution is -2.39. The summed E-state index contributed by atoms with van der Waals surface area (Å²) < 4.78 is 2.07. The molecule has 28 heavy (non-hydrogen) atoms. The number of anilines is 1. The van der Waals surface area contributed by atoms with Crippen LogP contribution >= 0.6 is 0 Å². The van der Waals surface area contributed by atoms with E-state index in [0.717, 1.165) is 53.9 Å². The lowest BCUT2D eigenvalue weighted by molar-refractivity contribution is -0.132. The number of amides is 1. The van der Waals surface area contributed by atoms with E-state index in [1.807, 2.05) is 41.4 Å². The molecular weight excluding hydrogens is 350 g/mol. The van der Waals surface area contributed by atoms with E-state index < -0.39 is 0 Å². The Hall–Kier alpha value is -2.89. The number of rotatable bonds is 5. The smallest absolute Gasteiger partial charge is 0.224 e. The second kappa shape index (κ2) is 8.00. The van der Waals surface area contributed by atoms with Gasteiger partial charge in [-0.15, -0.1) is 0 Å². The summed E-state index contributed by atoms with van der Waals surface area (Å²) in [5.74, 6) is 1.42. The minimum Gasteiger partial charge on any atom is -0.397 e. The number of pyridine rings is 1. The van der Waals surface area contributed by atoms with Gasteiger partial charge in [0, 0.05) is 56.2 Å². The van der Waals surface area contributed by atoms with Crippen molar-refractivity contribution in [2.24, 2.45) is 0 Å². The number of nitrogens with two attached hydrogens (primary N) is 1. The zero-order valence-corrected chi connectivity index (χ0v) is 16.3.